The number of benzene rings is 7. The molecule has 1 aromatic heterocycles. The fourth-order valence-electron chi connectivity index (χ4n) is 6.24. The Labute approximate surface area is 255 Å². The van der Waals surface area contributed by atoms with E-state index in [2.05, 4.69) is 153 Å². The zero-order valence-corrected chi connectivity index (χ0v) is 24.7. The van der Waals surface area contributed by atoms with E-state index in [-0.39, 0.29) is 0 Å². The van der Waals surface area contributed by atoms with Gasteiger partial charge in [0, 0.05) is 5.56 Å². The van der Waals surface area contributed by atoms with Gasteiger partial charge in [0.1, 0.15) is 0 Å². The van der Waals surface area contributed by atoms with Crippen LogP contribution in [0.25, 0.3) is 76.3 Å². The van der Waals surface area contributed by atoms with Crippen molar-refractivity contribution in [3.63, 3.8) is 0 Å². The Morgan fingerprint density at radius 3 is 1.51 bits per heavy atom. The maximum Gasteiger partial charge on any atom is 0.0936 e. The molecule has 2 heteroatoms. The second kappa shape index (κ2) is 10.7. The highest BCUT2D eigenvalue weighted by Gasteiger charge is 2.14. The molecular weight excluding hydrogens is 539 g/mol. The van der Waals surface area contributed by atoms with Gasteiger partial charge in [-0.2, -0.15) is 0 Å². The summed E-state index contributed by atoms with van der Waals surface area (Å²) in [7, 11) is 0. The molecule has 0 aliphatic carbocycles. The van der Waals surface area contributed by atoms with E-state index in [0.717, 1.165) is 11.9 Å². The first-order valence-corrected chi connectivity index (χ1v) is 15.7. The lowest BCUT2D eigenvalue weighted by Crippen LogP contribution is -1.87. The highest BCUT2D eigenvalue weighted by Crippen LogP contribution is 2.39. The molecule has 0 fully saturated rings. The molecule has 1 nitrogen and oxygen atoms in total. The highest BCUT2D eigenvalue weighted by molar-refractivity contribution is 7.18. The van der Waals surface area contributed by atoms with Crippen molar-refractivity contribution in [2.24, 2.45) is 0 Å². The largest absolute Gasteiger partial charge is 0.241 e. The van der Waals surface area contributed by atoms with Gasteiger partial charge in [-0.05, 0) is 79.0 Å². The molecule has 0 amide bonds. The van der Waals surface area contributed by atoms with Crippen molar-refractivity contribution in [3.8, 4) is 44.5 Å². The van der Waals surface area contributed by atoms with Crippen LogP contribution in [0, 0.1) is 0 Å². The number of aromatic nitrogens is 1. The fourth-order valence-corrected chi connectivity index (χ4v) is 7.21. The maximum atomic E-state index is 5.07. The molecule has 204 valence electrons. The standard InChI is InChI=1S/C41H29NS/c1-2-40-42-41-38(32-23-21-31(22-24-32)37-16-8-12-29-10-4-6-14-35(29)37)25-33(26-39(41)43-40)27-17-19-30(20-18-27)36-15-7-11-28-9-3-5-13-34(28)36/h3-26H,2H2,1H3. The van der Waals surface area contributed by atoms with Gasteiger partial charge in [-0.15, -0.1) is 11.3 Å². The molecule has 8 aromatic rings. The first-order valence-electron chi connectivity index (χ1n) is 14.9. The second-order valence-corrected chi connectivity index (χ2v) is 12.2. The predicted molar refractivity (Wildman–Crippen MR) is 186 cm³/mol. The normalized spacial score (nSPS) is 11.5. The van der Waals surface area contributed by atoms with E-state index in [4.69, 9.17) is 4.98 Å². The van der Waals surface area contributed by atoms with Crippen LogP contribution < -0.4 is 0 Å². The third-order valence-electron chi connectivity index (χ3n) is 8.46. The molecule has 1 heterocycles. The number of fused-ring (bicyclic) bond motifs is 3. The topological polar surface area (TPSA) is 12.9 Å². The Balaban J connectivity index is 1.20. The molecule has 8 rings (SSSR count). The lowest BCUT2D eigenvalue weighted by atomic mass is 9.93. The fraction of sp³-hybridized carbons (Fsp3) is 0.0488. The van der Waals surface area contributed by atoms with Crippen LogP contribution in [0.1, 0.15) is 11.9 Å². The molecule has 7 aromatic carbocycles. The summed E-state index contributed by atoms with van der Waals surface area (Å²) in [5.41, 5.74) is 10.9. The number of aryl methyl sites for hydroxylation is 1. The van der Waals surface area contributed by atoms with Crippen LogP contribution in [0.5, 0.6) is 0 Å². The zero-order valence-electron chi connectivity index (χ0n) is 23.9. The molecule has 43 heavy (non-hydrogen) atoms. The van der Waals surface area contributed by atoms with Crippen molar-refractivity contribution in [3.05, 3.63) is 151 Å². The molecule has 0 saturated heterocycles. The number of hydrogen-bond acceptors (Lipinski definition) is 2. The first kappa shape index (κ1) is 25.6. The van der Waals surface area contributed by atoms with Crippen molar-refractivity contribution >= 4 is 43.1 Å². The van der Waals surface area contributed by atoms with E-state index in [9.17, 15) is 0 Å². The van der Waals surface area contributed by atoms with E-state index in [1.54, 1.807) is 11.3 Å². The van der Waals surface area contributed by atoms with Gasteiger partial charge in [-0.3, -0.25) is 0 Å². The minimum atomic E-state index is 0.938. The van der Waals surface area contributed by atoms with Gasteiger partial charge in [-0.1, -0.05) is 140 Å². The number of hydrogen-bond donors (Lipinski definition) is 0. The molecule has 0 spiro atoms. The smallest absolute Gasteiger partial charge is 0.0936 e. The maximum absolute atomic E-state index is 5.07. The van der Waals surface area contributed by atoms with Gasteiger partial charge in [0.15, 0.2) is 0 Å². The molecule has 0 bridgehead atoms. The Hall–Kier alpha value is -5.05. The summed E-state index contributed by atoms with van der Waals surface area (Å²) in [5.74, 6) is 0. The van der Waals surface area contributed by atoms with Crippen LogP contribution in [-0.4, -0.2) is 4.98 Å². The van der Waals surface area contributed by atoms with Crippen molar-refractivity contribution in [2.45, 2.75) is 13.3 Å². The molecule has 0 aliphatic rings. The van der Waals surface area contributed by atoms with Crippen molar-refractivity contribution in [2.75, 3.05) is 0 Å². The van der Waals surface area contributed by atoms with Crippen LogP contribution in [0.3, 0.4) is 0 Å². The van der Waals surface area contributed by atoms with E-state index in [0.29, 0.717) is 0 Å². The Morgan fingerprint density at radius 1 is 0.465 bits per heavy atom. The lowest BCUT2D eigenvalue weighted by molar-refractivity contribution is 1.11. The minimum absolute atomic E-state index is 0.938. The van der Waals surface area contributed by atoms with E-state index in [1.807, 2.05) is 0 Å². The van der Waals surface area contributed by atoms with Crippen molar-refractivity contribution < 1.29 is 0 Å². The SMILES string of the molecule is CCc1nc2c(-c3ccc(-c4cccc5ccccc45)cc3)cc(-c3ccc(-c4cccc5ccccc45)cc3)cc2s1. The summed E-state index contributed by atoms with van der Waals surface area (Å²) in [6, 6.07) is 52.9. The highest BCUT2D eigenvalue weighted by atomic mass is 32.1. The Bertz CT molecular complexity index is 2250. The molecule has 0 radical (unpaired) electrons. The molecule has 0 unspecified atom stereocenters. The third-order valence-corrected chi connectivity index (χ3v) is 9.60. The van der Waals surface area contributed by atoms with Gasteiger partial charge in [-0.25, -0.2) is 4.98 Å². The predicted octanol–water partition coefficient (Wildman–Crippen LogP) is 11.8. The summed E-state index contributed by atoms with van der Waals surface area (Å²) in [6.07, 6.45) is 0.938. The summed E-state index contributed by atoms with van der Waals surface area (Å²) in [6.45, 7) is 2.18. The molecule has 0 N–H and O–H groups in total. The molecular formula is C41H29NS. The monoisotopic (exact) mass is 567 g/mol. The minimum Gasteiger partial charge on any atom is -0.241 e. The average molecular weight is 568 g/mol. The summed E-state index contributed by atoms with van der Waals surface area (Å²) in [4.78, 5) is 5.07. The van der Waals surface area contributed by atoms with Crippen LogP contribution in [0.4, 0.5) is 0 Å². The summed E-state index contributed by atoms with van der Waals surface area (Å²) < 4.78 is 1.24. The third kappa shape index (κ3) is 4.61. The molecule has 0 aliphatic heterocycles. The summed E-state index contributed by atoms with van der Waals surface area (Å²) in [5, 5.41) is 6.26. The summed E-state index contributed by atoms with van der Waals surface area (Å²) >= 11 is 1.81. The van der Waals surface area contributed by atoms with Gasteiger partial charge < -0.3 is 0 Å². The number of rotatable bonds is 5. The first-order chi connectivity index (χ1) is 21.2. The van der Waals surface area contributed by atoms with E-state index < -0.39 is 0 Å². The van der Waals surface area contributed by atoms with Gasteiger partial charge >= 0.3 is 0 Å². The Kier molecular flexibility index (Phi) is 6.35. The number of nitrogens with zero attached hydrogens (tertiary/aromatic N) is 1. The van der Waals surface area contributed by atoms with Crippen LogP contribution >= 0.6 is 11.3 Å². The van der Waals surface area contributed by atoms with Crippen molar-refractivity contribution in [1.29, 1.82) is 0 Å². The van der Waals surface area contributed by atoms with Gasteiger partial charge in [0.2, 0.25) is 0 Å². The van der Waals surface area contributed by atoms with Crippen molar-refractivity contribution in [1.82, 2.24) is 4.98 Å². The quantitative estimate of drug-likeness (QED) is 0.202. The van der Waals surface area contributed by atoms with E-state index >= 15 is 0 Å². The molecule has 0 saturated carbocycles. The second-order valence-electron chi connectivity index (χ2n) is 11.0. The average Bonchev–Trinajstić information content (AvgIpc) is 3.51. The van der Waals surface area contributed by atoms with Gasteiger partial charge in [0.05, 0.1) is 15.2 Å². The van der Waals surface area contributed by atoms with Gasteiger partial charge in [0.25, 0.3) is 0 Å². The van der Waals surface area contributed by atoms with Crippen LogP contribution in [0.15, 0.2) is 146 Å². The van der Waals surface area contributed by atoms with Crippen LogP contribution in [-0.2, 0) is 6.42 Å². The van der Waals surface area contributed by atoms with Crippen LogP contribution in [0.2, 0.25) is 0 Å². The Morgan fingerprint density at radius 2 is 0.953 bits per heavy atom. The van der Waals surface area contributed by atoms with E-state index in [1.165, 1.54) is 75.8 Å². The molecule has 0 atom stereocenters. The number of thiazole rings is 1. The zero-order chi connectivity index (χ0) is 28.8. The lowest BCUT2D eigenvalue weighted by Gasteiger charge is -2.11.